The molecule has 7 nitrogen and oxygen atoms in total. The van der Waals surface area contributed by atoms with Gasteiger partial charge in [-0.1, -0.05) is 15.9 Å². The van der Waals surface area contributed by atoms with Crippen LogP contribution in [0.1, 0.15) is 25.6 Å². The third-order valence-corrected chi connectivity index (χ3v) is 4.38. The van der Waals surface area contributed by atoms with Crippen LogP contribution in [0.15, 0.2) is 46.2 Å². The van der Waals surface area contributed by atoms with Gasteiger partial charge in [0.2, 0.25) is 0 Å². The van der Waals surface area contributed by atoms with Gasteiger partial charge in [-0.25, -0.2) is 4.79 Å². The number of benzene rings is 1. The maximum atomic E-state index is 12.3. The number of hydrogen-bond acceptors (Lipinski definition) is 5. The number of ether oxygens (including phenoxy) is 1. The van der Waals surface area contributed by atoms with Crippen molar-refractivity contribution in [1.29, 1.82) is 0 Å². The summed E-state index contributed by atoms with van der Waals surface area (Å²) in [6.45, 7) is 3.84. The third-order valence-electron chi connectivity index (χ3n) is 3.63. The van der Waals surface area contributed by atoms with Crippen molar-refractivity contribution in [2.24, 2.45) is 0 Å². The lowest BCUT2D eigenvalue weighted by atomic mass is 10.0. The van der Waals surface area contributed by atoms with Crippen molar-refractivity contribution in [3.05, 3.63) is 51.9 Å². The molecule has 1 unspecified atom stereocenters. The lowest BCUT2D eigenvalue weighted by Crippen LogP contribution is -2.45. The van der Waals surface area contributed by atoms with Crippen LogP contribution in [0.25, 0.3) is 5.69 Å². The van der Waals surface area contributed by atoms with Crippen LogP contribution in [0.4, 0.5) is 0 Å². The first-order valence-corrected chi connectivity index (χ1v) is 8.83. The highest BCUT2D eigenvalue weighted by atomic mass is 79.9. The van der Waals surface area contributed by atoms with Crippen molar-refractivity contribution in [2.45, 2.75) is 19.9 Å². The molecular formula is C16H16BrN5O2S. The van der Waals surface area contributed by atoms with Crippen LogP contribution in [0.5, 0.6) is 0 Å². The molecule has 2 heterocycles. The number of allylic oxidation sites excluding steroid dienone is 1. The number of rotatable bonds is 4. The Kier molecular flexibility index (Phi) is 5.14. The van der Waals surface area contributed by atoms with E-state index in [-0.39, 0.29) is 0 Å². The van der Waals surface area contributed by atoms with E-state index in [9.17, 15) is 4.79 Å². The Hall–Kier alpha value is -2.26. The Morgan fingerprint density at radius 1 is 1.40 bits per heavy atom. The van der Waals surface area contributed by atoms with Crippen molar-refractivity contribution in [3.63, 3.8) is 0 Å². The zero-order valence-corrected chi connectivity index (χ0v) is 16.0. The van der Waals surface area contributed by atoms with Gasteiger partial charge in [-0.05, 0) is 50.3 Å². The fourth-order valence-corrected chi connectivity index (χ4v) is 3.04. The van der Waals surface area contributed by atoms with Crippen molar-refractivity contribution in [2.75, 3.05) is 6.61 Å². The van der Waals surface area contributed by atoms with Crippen molar-refractivity contribution < 1.29 is 9.53 Å². The number of carbonyl (C=O) groups is 1. The summed E-state index contributed by atoms with van der Waals surface area (Å²) in [6.07, 6.45) is 1.61. The number of carbonyl (C=O) groups excluding carboxylic acids is 1. The largest absolute Gasteiger partial charge is 0.463 e. The van der Waals surface area contributed by atoms with E-state index in [1.165, 1.54) is 4.80 Å². The molecule has 1 aliphatic rings. The zero-order valence-electron chi connectivity index (χ0n) is 13.6. The molecule has 2 N–H and O–H groups in total. The minimum atomic E-state index is -0.517. The molecule has 0 amide bonds. The Bertz CT molecular complexity index is 846. The predicted molar refractivity (Wildman–Crippen MR) is 100 cm³/mol. The number of hydrogen-bond donors (Lipinski definition) is 2. The van der Waals surface area contributed by atoms with Gasteiger partial charge in [-0.2, -0.15) is 15.0 Å². The van der Waals surface area contributed by atoms with E-state index in [2.05, 4.69) is 36.8 Å². The predicted octanol–water partition coefficient (Wildman–Crippen LogP) is 2.39. The molecule has 1 aliphatic heterocycles. The fourth-order valence-electron chi connectivity index (χ4n) is 2.50. The summed E-state index contributed by atoms with van der Waals surface area (Å²) in [5, 5.41) is 15.2. The SMILES string of the molecule is CCOC(=O)C1=C(C)NC(=S)NC1c1cnn(-c2ccc(Br)cc2)n1. The third kappa shape index (κ3) is 3.72. The van der Waals surface area contributed by atoms with E-state index in [0.29, 0.717) is 28.7 Å². The number of nitrogens with zero attached hydrogens (tertiary/aromatic N) is 3. The molecule has 1 aromatic carbocycles. The van der Waals surface area contributed by atoms with E-state index in [4.69, 9.17) is 17.0 Å². The first-order chi connectivity index (χ1) is 12.0. The van der Waals surface area contributed by atoms with Gasteiger partial charge in [0.05, 0.1) is 24.1 Å². The molecule has 0 spiro atoms. The maximum Gasteiger partial charge on any atom is 0.338 e. The minimum Gasteiger partial charge on any atom is -0.463 e. The average Bonchev–Trinajstić information content (AvgIpc) is 3.04. The molecule has 3 rings (SSSR count). The molecular weight excluding hydrogens is 406 g/mol. The molecule has 0 saturated carbocycles. The van der Waals surface area contributed by atoms with Gasteiger partial charge in [-0.3, -0.25) is 0 Å². The molecule has 0 fully saturated rings. The molecule has 1 atom stereocenters. The number of nitrogens with one attached hydrogen (secondary N) is 2. The normalized spacial score (nSPS) is 17.1. The molecule has 130 valence electrons. The smallest absolute Gasteiger partial charge is 0.338 e. The van der Waals surface area contributed by atoms with Gasteiger partial charge >= 0.3 is 5.97 Å². The highest BCUT2D eigenvalue weighted by molar-refractivity contribution is 9.10. The summed E-state index contributed by atoms with van der Waals surface area (Å²) in [7, 11) is 0. The van der Waals surface area contributed by atoms with Crippen LogP contribution in [-0.4, -0.2) is 32.7 Å². The Labute approximate surface area is 158 Å². The second-order valence-corrected chi connectivity index (χ2v) is 6.65. The molecule has 0 saturated heterocycles. The zero-order chi connectivity index (χ0) is 18.0. The Morgan fingerprint density at radius 2 is 2.12 bits per heavy atom. The number of halogens is 1. The molecule has 9 heteroatoms. The van der Waals surface area contributed by atoms with E-state index in [1.54, 1.807) is 20.0 Å². The topological polar surface area (TPSA) is 81.1 Å². The van der Waals surface area contributed by atoms with Crippen LogP contribution in [0.2, 0.25) is 0 Å². The molecule has 1 aromatic heterocycles. The van der Waals surface area contributed by atoms with E-state index in [1.807, 2.05) is 24.3 Å². The Balaban J connectivity index is 1.96. The number of aromatic nitrogens is 3. The first kappa shape index (κ1) is 17.6. The Morgan fingerprint density at radius 3 is 2.80 bits per heavy atom. The lowest BCUT2D eigenvalue weighted by molar-refractivity contribution is -0.139. The van der Waals surface area contributed by atoms with Gasteiger partial charge < -0.3 is 15.4 Å². The van der Waals surface area contributed by atoms with Gasteiger partial charge in [-0.15, -0.1) is 0 Å². The van der Waals surface area contributed by atoms with Crippen molar-refractivity contribution in [1.82, 2.24) is 25.6 Å². The monoisotopic (exact) mass is 421 g/mol. The number of thiocarbonyl (C=S) groups is 1. The standard InChI is InChI=1S/C16H16BrN5O2S/c1-3-24-15(23)13-9(2)19-16(25)20-14(13)12-8-18-22(21-12)11-6-4-10(17)5-7-11/h4-8,14H,3H2,1-2H3,(H2,19,20,25). The van der Waals surface area contributed by atoms with Gasteiger partial charge in [0.15, 0.2) is 5.11 Å². The van der Waals surface area contributed by atoms with Gasteiger partial charge in [0.25, 0.3) is 0 Å². The highest BCUT2D eigenvalue weighted by Crippen LogP contribution is 2.26. The highest BCUT2D eigenvalue weighted by Gasteiger charge is 2.32. The average molecular weight is 422 g/mol. The molecule has 0 radical (unpaired) electrons. The minimum absolute atomic E-state index is 0.290. The number of esters is 1. The fraction of sp³-hybridized carbons (Fsp3) is 0.250. The summed E-state index contributed by atoms with van der Waals surface area (Å²) in [6, 6.07) is 7.08. The van der Waals surface area contributed by atoms with E-state index in [0.717, 1.165) is 10.2 Å². The molecule has 0 aliphatic carbocycles. The summed E-state index contributed by atoms with van der Waals surface area (Å²) < 4.78 is 6.13. The van der Waals surface area contributed by atoms with Crippen LogP contribution in [0.3, 0.4) is 0 Å². The molecule has 0 bridgehead atoms. The molecule has 25 heavy (non-hydrogen) atoms. The van der Waals surface area contributed by atoms with Crippen LogP contribution in [0, 0.1) is 0 Å². The van der Waals surface area contributed by atoms with Crippen LogP contribution < -0.4 is 10.6 Å². The summed E-state index contributed by atoms with van der Waals surface area (Å²) in [5.74, 6) is -0.411. The van der Waals surface area contributed by atoms with Crippen molar-refractivity contribution >= 4 is 39.2 Å². The molecule has 2 aromatic rings. The summed E-state index contributed by atoms with van der Waals surface area (Å²) in [4.78, 5) is 13.9. The van der Waals surface area contributed by atoms with E-state index >= 15 is 0 Å². The quantitative estimate of drug-likeness (QED) is 0.579. The van der Waals surface area contributed by atoms with Crippen LogP contribution in [-0.2, 0) is 9.53 Å². The van der Waals surface area contributed by atoms with Gasteiger partial charge in [0, 0.05) is 10.2 Å². The second kappa shape index (κ2) is 7.32. The second-order valence-electron chi connectivity index (χ2n) is 5.33. The van der Waals surface area contributed by atoms with Crippen LogP contribution >= 0.6 is 28.1 Å². The maximum absolute atomic E-state index is 12.3. The summed E-state index contributed by atoms with van der Waals surface area (Å²) >= 11 is 8.61. The van der Waals surface area contributed by atoms with E-state index < -0.39 is 12.0 Å². The van der Waals surface area contributed by atoms with Gasteiger partial charge in [0.1, 0.15) is 11.7 Å². The first-order valence-electron chi connectivity index (χ1n) is 7.63. The van der Waals surface area contributed by atoms with Crippen molar-refractivity contribution in [3.8, 4) is 5.69 Å². The lowest BCUT2D eigenvalue weighted by Gasteiger charge is -2.28. The summed E-state index contributed by atoms with van der Waals surface area (Å²) in [5.41, 5.74) is 2.47.